The van der Waals surface area contributed by atoms with Gasteiger partial charge in [0.1, 0.15) is 22.5 Å². The van der Waals surface area contributed by atoms with Crippen molar-refractivity contribution >= 4 is 100 Å². The zero-order valence-electron chi connectivity index (χ0n) is 26.7. The first-order valence-corrected chi connectivity index (χ1v) is 16.9. The van der Waals surface area contributed by atoms with Crippen molar-refractivity contribution < 1.29 is 33.8 Å². The number of carboxylic acid groups (broad SMARTS) is 1. The molecule has 18 heteroatoms. The molecule has 2 heterocycles. The number of nitrogens with zero attached hydrogens (tertiary/aromatic N) is 2. The van der Waals surface area contributed by atoms with Gasteiger partial charge < -0.3 is 19.9 Å². The number of nitrogens with one attached hydrogen (secondary N) is 4. The summed E-state index contributed by atoms with van der Waals surface area (Å²) in [6.07, 6.45) is 0. The first-order chi connectivity index (χ1) is 24.5. The number of thiazole rings is 2. The summed E-state index contributed by atoms with van der Waals surface area (Å²) in [6, 6.07) is 22.6. The molecule has 0 aliphatic rings. The number of fused-ring (bicyclic) bond motifs is 2. The number of carboxylic acids is 1. The Morgan fingerprint density at radius 2 is 1.16 bits per heavy atom. The molecule has 0 aliphatic heterocycles. The number of urea groups is 2. The largest absolute Gasteiger partial charge is 0.494 e. The van der Waals surface area contributed by atoms with Gasteiger partial charge in [0.15, 0.2) is 16.0 Å². The Morgan fingerprint density at radius 3 is 1.59 bits per heavy atom. The van der Waals surface area contributed by atoms with Gasteiger partial charge in [-0.2, -0.15) is 0 Å². The molecular weight excluding hydrogens is 741 g/mol. The summed E-state index contributed by atoms with van der Waals surface area (Å²) < 4.78 is 12.2. The molecule has 0 unspecified atom stereocenters. The van der Waals surface area contributed by atoms with Crippen LogP contribution in [0.3, 0.4) is 0 Å². The normalized spacial score (nSPS) is 10.1. The highest BCUT2D eigenvalue weighted by Gasteiger charge is 2.13. The summed E-state index contributed by atoms with van der Waals surface area (Å²) in [5.74, 6) is 5.13. The number of Topliss-reactive ketones (excluding diaryl/α,β-unsaturated/α-hetero) is 1. The van der Waals surface area contributed by atoms with Crippen LogP contribution in [-0.4, -0.2) is 59.7 Å². The van der Waals surface area contributed by atoms with Gasteiger partial charge in [-0.15, -0.1) is 0 Å². The van der Waals surface area contributed by atoms with Crippen LogP contribution < -0.4 is 36.7 Å². The monoisotopic (exact) mass is 769 g/mol. The minimum Gasteiger partial charge on any atom is -0.494 e. The second-order valence-electron chi connectivity index (χ2n) is 9.80. The fourth-order valence-corrected chi connectivity index (χ4v) is 6.06. The summed E-state index contributed by atoms with van der Waals surface area (Å²) in [7, 11) is 3.14. The molecule has 2 aromatic heterocycles. The highest BCUT2D eigenvalue weighted by Crippen LogP contribution is 2.33. The third-order valence-electron chi connectivity index (χ3n) is 6.44. The van der Waals surface area contributed by atoms with Crippen LogP contribution >= 0.6 is 45.9 Å². The third kappa shape index (κ3) is 11.0. The number of hydrazine groups is 1. The van der Waals surface area contributed by atoms with Crippen molar-refractivity contribution in [1.29, 1.82) is 0 Å². The van der Waals surface area contributed by atoms with E-state index >= 15 is 0 Å². The molecule has 51 heavy (non-hydrogen) atoms. The predicted molar refractivity (Wildman–Crippen MR) is 200 cm³/mol. The lowest BCUT2D eigenvalue weighted by molar-refractivity contribution is 0.0696. The first kappa shape index (κ1) is 38.3. The average Bonchev–Trinajstić information content (AvgIpc) is 3.74. The molecule has 0 saturated heterocycles. The Labute approximate surface area is 308 Å². The topological polar surface area (TPSA) is 207 Å². The Balaban J connectivity index is 0.000000191. The van der Waals surface area contributed by atoms with E-state index in [4.69, 9.17) is 43.6 Å². The standard InChI is InChI=1S/C17H14ClN3O3S.C9H10N4O2S.C7H5ClO2/c1-24-13-3-2-4-14-15(13)20-17(25-14)21-16(23)19-9-12(22)10-5-7-11(18)8-6-10;1-15-5-3-2-4-6-7(5)11-9(16-6)12-8(14)13-10;8-6-3-1-5(2-4-6)7(9)10/h2-8H,9H2,1H3,(H2,19,20,21,23);2-4H,10H2,1H3,(H2,11,12,13,14);1-4H,(H,9,10). The zero-order valence-corrected chi connectivity index (χ0v) is 29.9. The van der Waals surface area contributed by atoms with E-state index in [2.05, 4.69) is 25.9 Å². The molecule has 6 rings (SSSR count). The number of halogens is 2. The Hall–Kier alpha value is -5.52. The van der Waals surface area contributed by atoms with Crippen LogP contribution in [0.25, 0.3) is 20.4 Å². The second-order valence-corrected chi connectivity index (χ2v) is 12.7. The number of hydrogen-bond donors (Lipinski definition) is 6. The van der Waals surface area contributed by atoms with Crippen molar-refractivity contribution in [3.05, 3.63) is 106 Å². The molecule has 0 bridgehead atoms. The molecule has 0 atom stereocenters. The van der Waals surface area contributed by atoms with Gasteiger partial charge in [-0.3, -0.25) is 20.9 Å². The molecule has 264 valence electrons. The molecule has 7 N–H and O–H groups in total. The van der Waals surface area contributed by atoms with Gasteiger partial charge in [0.25, 0.3) is 0 Å². The van der Waals surface area contributed by atoms with E-state index in [0.29, 0.717) is 42.9 Å². The SMILES string of the molecule is COc1cccc2sc(NC(=O)NCC(=O)c3ccc(Cl)cc3)nc12.COc1cccc2sc(NC(=O)NN)nc12.O=C(O)c1ccc(Cl)cc1. The van der Waals surface area contributed by atoms with Gasteiger partial charge in [-0.1, -0.05) is 58.0 Å². The Morgan fingerprint density at radius 1 is 0.706 bits per heavy atom. The lowest BCUT2D eigenvalue weighted by Gasteiger charge is -2.05. The first-order valence-electron chi connectivity index (χ1n) is 14.5. The van der Waals surface area contributed by atoms with E-state index in [-0.39, 0.29) is 17.9 Å². The number of aromatic carboxylic acids is 1. The van der Waals surface area contributed by atoms with E-state index in [1.54, 1.807) is 56.7 Å². The highest BCUT2D eigenvalue weighted by molar-refractivity contribution is 7.22. The van der Waals surface area contributed by atoms with Crippen LogP contribution in [0.1, 0.15) is 20.7 Å². The number of ketones is 1. The summed E-state index contributed by atoms with van der Waals surface area (Å²) in [4.78, 5) is 53.8. The summed E-state index contributed by atoms with van der Waals surface area (Å²) in [5.41, 5.74) is 4.11. The molecule has 4 amide bonds. The molecule has 0 fully saturated rings. The minimum atomic E-state index is -0.934. The molecule has 0 radical (unpaired) electrons. The van der Waals surface area contributed by atoms with Gasteiger partial charge in [0, 0.05) is 15.6 Å². The van der Waals surface area contributed by atoms with Crippen LogP contribution in [0.4, 0.5) is 19.9 Å². The number of carbonyl (C=O) groups excluding carboxylic acids is 3. The number of aromatic nitrogens is 2. The fourth-order valence-electron chi connectivity index (χ4n) is 4.05. The van der Waals surface area contributed by atoms with Gasteiger partial charge in [-0.05, 0) is 72.8 Å². The lowest BCUT2D eigenvalue weighted by atomic mass is 10.1. The number of para-hydroxylation sites is 2. The smallest absolute Gasteiger partial charge is 0.335 e. The Kier molecular flexibility index (Phi) is 13.9. The van der Waals surface area contributed by atoms with Crippen molar-refractivity contribution in [3.63, 3.8) is 0 Å². The lowest BCUT2D eigenvalue weighted by Crippen LogP contribution is -2.34. The predicted octanol–water partition coefficient (Wildman–Crippen LogP) is 7.30. The molecule has 4 aromatic carbocycles. The van der Waals surface area contributed by atoms with Crippen molar-refractivity contribution in [2.45, 2.75) is 0 Å². The highest BCUT2D eigenvalue weighted by atomic mass is 35.5. The number of benzene rings is 4. The van der Waals surface area contributed by atoms with Crippen molar-refractivity contribution in [1.82, 2.24) is 20.7 Å². The second kappa shape index (κ2) is 18.5. The quantitative estimate of drug-likeness (QED) is 0.0394. The summed E-state index contributed by atoms with van der Waals surface area (Å²) in [6.45, 7) is -0.123. The number of ether oxygens (including phenoxy) is 2. The van der Waals surface area contributed by atoms with E-state index in [9.17, 15) is 19.2 Å². The van der Waals surface area contributed by atoms with Crippen LogP contribution in [0.5, 0.6) is 11.5 Å². The molecule has 6 aromatic rings. The number of hydrogen-bond acceptors (Lipinski definition) is 11. The fraction of sp³-hybridized carbons (Fsp3) is 0.0909. The van der Waals surface area contributed by atoms with Crippen LogP contribution in [0.2, 0.25) is 10.0 Å². The average molecular weight is 771 g/mol. The van der Waals surface area contributed by atoms with Gasteiger partial charge in [0.2, 0.25) is 0 Å². The van der Waals surface area contributed by atoms with E-state index in [1.807, 2.05) is 35.8 Å². The summed E-state index contributed by atoms with van der Waals surface area (Å²) >= 11 is 14.0. The number of amides is 4. The summed E-state index contributed by atoms with van der Waals surface area (Å²) in [5, 5.41) is 18.1. The van der Waals surface area contributed by atoms with Crippen LogP contribution in [0, 0.1) is 0 Å². The van der Waals surface area contributed by atoms with E-state index in [1.165, 1.54) is 34.8 Å². The molecule has 14 nitrogen and oxygen atoms in total. The maximum absolute atomic E-state index is 12.0. The van der Waals surface area contributed by atoms with Gasteiger partial charge >= 0.3 is 18.0 Å². The van der Waals surface area contributed by atoms with Crippen molar-refractivity contribution in [3.8, 4) is 11.5 Å². The molecule has 0 aliphatic carbocycles. The van der Waals surface area contributed by atoms with Crippen molar-refractivity contribution in [2.75, 3.05) is 31.4 Å². The van der Waals surface area contributed by atoms with Crippen molar-refractivity contribution in [2.24, 2.45) is 5.84 Å². The number of rotatable bonds is 8. The zero-order chi connectivity index (χ0) is 36.9. The molecule has 0 saturated carbocycles. The van der Waals surface area contributed by atoms with Gasteiger partial charge in [0.05, 0.1) is 35.7 Å². The minimum absolute atomic E-state index is 0.123. The number of anilines is 2. The number of nitrogens with two attached hydrogens (primary N) is 1. The Bertz CT molecular complexity index is 2140. The molecule has 0 spiro atoms. The van der Waals surface area contributed by atoms with Gasteiger partial charge in [-0.25, -0.2) is 30.2 Å². The number of methoxy groups -OCH3 is 2. The molecular formula is C33H29Cl2N7O7S2. The van der Waals surface area contributed by atoms with Crippen LogP contribution in [-0.2, 0) is 0 Å². The number of carbonyl (C=O) groups is 4. The maximum atomic E-state index is 12.0. The maximum Gasteiger partial charge on any atom is 0.335 e. The van der Waals surface area contributed by atoms with E-state index < -0.39 is 18.0 Å². The van der Waals surface area contributed by atoms with Crippen LogP contribution in [0.15, 0.2) is 84.9 Å². The third-order valence-corrected chi connectivity index (χ3v) is 8.82. The van der Waals surface area contributed by atoms with E-state index in [0.717, 1.165) is 14.9 Å².